The molecular weight excluding hydrogens is 490 g/mol. The first-order chi connectivity index (χ1) is 16.6. The van der Waals surface area contributed by atoms with Crippen molar-refractivity contribution in [2.24, 2.45) is 0 Å². The molecule has 1 N–H and O–H groups in total. The van der Waals surface area contributed by atoms with E-state index < -0.39 is 16.1 Å². The minimum Gasteiger partial charge on any atom is -0.492 e. The fourth-order valence-corrected chi connectivity index (χ4v) is 4.84. The van der Waals surface area contributed by atoms with Crippen LogP contribution in [0.4, 0.5) is 5.69 Å². The predicted molar refractivity (Wildman–Crippen MR) is 139 cm³/mol. The van der Waals surface area contributed by atoms with Crippen LogP contribution in [-0.2, 0) is 26.2 Å². The van der Waals surface area contributed by atoms with Gasteiger partial charge in [0.25, 0.3) is 0 Å². The standard InChI is InChI=1S/C25H34ClN3O5S/c1-5-27-25(31)19(3)28(18-20-11-9-12-21(26)17-20)24(30)15-10-16-29(35(4,32)33)22-13-7-8-14-23(22)34-6-2/h7-9,11-14,17,19H,5-6,10,15-16,18H2,1-4H3,(H,27,31)/t19-/m0/s1. The summed E-state index contributed by atoms with van der Waals surface area (Å²) in [6, 6.07) is 13.3. The SMILES string of the molecule is CCNC(=O)[C@H](C)N(Cc1cccc(Cl)c1)C(=O)CCCN(c1ccccc1OCC)S(C)(=O)=O. The molecule has 8 nitrogen and oxygen atoms in total. The fourth-order valence-electron chi connectivity index (χ4n) is 3.66. The number of halogens is 1. The number of benzene rings is 2. The molecule has 10 heteroatoms. The minimum absolute atomic E-state index is 0.0626. The first-order valence-corrected chi connectivity index (χ1v) is 13.8. The zero-order valence-corrected chi connectivity index (χ0v) is 22.2. The van der Waals surface area contributed by atoms with E-state index in [0.717, 1.165) is 11.8 Å². The average molecular weight is 524 g/mol. The predicted octanol–water partition coefficient (Wildman–Crippen LogP) is 3.84. The highest BCUT2D eigenvalue weighted by molar-refractivity contribution is 7.92. The van der Waals surface area contributed by atoms with Gasteiger partial charge in [-0.2, -0.15) is 0 Å². The molecule has 192 valence electrons. The van der Waals surface area contributed by atoms with E-state index in [2.05, 4.69) is 5.32 Å². The maximum absolute atomic E-state index is 13.2. The summed E-state index contributed by atoms with van der Waals surface area (Å²) in [4.78, 5) is 27.2. The first kappa shape index (κ1) is 28.5. The maximum Gasteiger partial charge on any atom is 0.242 e. The van der Waals surface area contributed by atoms with Gasteiger partial charge in [-0.15, -0.1) is 0 Å². The van der Waals surface area contributed by atoms with Crippen LogP contribution in [0.1, 0.15) is 39.2 Å². The molecule has 0 bridgehead atoms. The van der Waals surface area contributed by atoms with Crippen molar-refractivity contribution >= 4 is 39.1 Å². The quantitative estimate of drug-likeness (QED) is 0.430. The molecule has 0 heterocycles. The van der Waals surface area contributed by atoms with Gasteiger partial charge < -0.3 is 15.0 Å². The second-order valence-electron chi connectivity index (χ2n) is 8.06. The van der Waals surface area contributed by atoms with E-state index >= 15 is 0 Å². The van der Waals surface area contributed by atoms with Crippen molar-refractivity contribution < 1.29 is 22.7 Å². The Bertz CT molecular complexity index is 1110. The van der Waals surface area contributed by atoms with Crippen molar-refractivity contribution in [2.75, 3.05) is 30.3 Å². The number of anilines is 1. The van der Waals surface area contributed by atoms with Gasteiger partial charge in [0, 0.05) is 31.1 Å². The molecule has 0 unspecified atom stereocenters. The summed E-state index contributed by atoms with van der Waals surface area (Å²) in [5.74, 6) is -0.0549. The van der Waals surface area contributed by atoms with Crippen LogP contribution in [0.25, 0.3) is 0 Å². The molecule has 0 aromatic heterocycles. The van der Waals surface area contributed by atoms with Gasteiger partial charge in [-0.05, 0) is 57.0 Å². The monoisotopic (exact) mass is 523 g/mol. The van der Waals surface area contributed by atoms with Crippen molar-refractivity contribution in [3.8, 4) is 5.75 Å². The Labute approximate surface area is 213 Å². The van der Waals surface area contributed by atoms with Crippen LogP contribution in [0.2, 0.25) is 5.02 Å². The number of carbonyl (C=O) groups excluding carboxylic acids is 2. The molecule has 0 radical (unpaired) electrons. The smallest absolute Gasteiger partial charge is 0.242 e. The van der Waals surface area contributed by atoms with E-state index in [1.807, 2.05) is 19.9 Å². The number of hydrogen-bond donors (Lipinski definition) is 1. The van der Waals surface area contributed by atoms with Crippen LogP contribution < -0.4 is 14.4 Å². The summed E-state index contributed by atoms with van der Waals surface area (Å²) in [5, 5.41) is 3.29. The van der Waals surface area contributed by atoms with Gasteiger partial charge in [-0.3, -0.25) is 13.9 Å². The number of nitrogens with one attached hydrogen (secondary N) is 1. The molecule has 0 aliphatic rings. The molecule has 0 saturated carbocycles. The molecule has 0 fully saturated rings. The molecule has 2 aromatic rings. The highest BCUT2D eigenvalue weighted by Gasteiger charge is 2.27. The van der Waals surface area contributed by atoms with E-state index in [4.69, 9.17) is 16.3 Å². The maximum atomic E-state index is 13.2. The zero-order valence-electron chi connectivity index (χ0n) is 20.7. The van der Waals surface area contributed by atoms with Gasteiger partial charge in [0.15, 0.2) is 0 Å². The minimum atomic E-state index is -3.62. The van der Waals surface area contributed by atoms with Gasteiger partial charge in [0.1, 0.15) is 11.8 Å². The fraction of sp³-hybridized carbons (Fsp3) is 0.440. The number of rotatable bonds is 13. The number of sulfonamides is 1. The largest absolute Gasteiger partial charge is 0.492 e. The van der Waals surface area contributed by atoms with Crippen LogP contribution >= 0.6 is 11.6 Å². The highest BCUT2D eigenvalue weighted by atomic mass is 35.5. The van der Waals surface area contributed by atoms with Gasteiger partial charge >= 0.3 is 0 Å². The van der Waals surface area contributed by atoms with Gasteiger partial charge in [-0.1, -0.05) is 35.9 Å². The van der Waals surface area contributed by atoms with E-state index in [-0.39, 0.29) is 37.7 Å². The molecule has 2 aromatic carbocycles. The Morgan fingerprint density at radius 2 is 1.83 bits per heavy atom. The van der Waals surface area contributed by atoms with Gasteiger partial charge in [0.2, 0.25) is 21.8 Å². The van der Waals surface area contributed by atoms with E-state index in [0.29, 0.717) is 29.6 Å². The molecule has 0 aliphatic heterocycles. The summed E-state index contributed by atoms with van der Waals surface area (Å²) < 4.78 is 31.9. The van der Waals surface area contributed by atoms with Crippen molar-refractivity contribution in [3.63, 3.8) is 0 Å². The number of likely N-dealkylation sites (N-methyl/N-ethyl adjacent to an activating group) is 1. The van der Waals surface area contributed by atoms with Crippen LogP contribution in [0, 0.1) is 0 Å². The summed E-state index contributed by atoms with van der Waals surface area (Å²) >= 11 is 6.10. The van der Waals surface area contributed by atoms with Crippen molar-refractivity contribution in [1.29, 1.82) is 0 Å². The van der Waals surface area contributed by atoms with Gasteiger partial charge in [-0.25, -0.2) is 8.42 Å². The Morgan fingerprint density at radius 1 is 1.11 bits per heavy atom. The molecule has 2 rings (SSSR count). The summed E-state index contributed by atoms with van der Waals surface area (Å²) in [6.07, 6.45) is 1.45. The van der Waals surface area contributed by atoms with Crippen LogP contribution in [0.5, 0.6) is 5.75 Å². The van der Waals surface area contributed by atoms with Crippen molar-refractivity contribution in [2.45, 2.75) is 46.2 Å². The Morgan fingerprint density at radius 3 is 2.46 bits per heavy atom. The number of nitrogens with zero attached hydrogens (tertiary/aromatic N) is 2. The lowest BCUT2D eigenvalue weighted by atomic mass is 10.1. The third-order valence-electron chi connectivity index (χ3n) is 5.35. The topological polar surface area (TPSA) is 96.0 Å². The zero-order chi connectivity index (χ0) is 26.0. The van der Waals surface area contributed by atoms with Crippen molar-refractivity contribution in [3.05, 3.63) is 59.1 Å². The number of para-hydroxylation sites is 2. The number of ether oxygens (including phenoxy) is 1. The van der Waals surface area contributed by atoms with Crippen molar-refractivity contribution in [1.82, 2.24) is 10.2 Å². The molecule has 35 heavy (non-hydrogen) atoms. The molecule has 0 saturated heterocycles. The Kier molecular flexibility index (Phi) is 10.9. The number of carbonyl (C=O) groups is 2. The molecule has 1 atom stereocenters. The molecule has 2 amide bonds. The molecule has 0 spiro atoms. The third kappa shape index (κ3) is 8.43. The number of hydrogen-bond acceptors (Lipinski definition) is 5. The van der Waals surface area contributed by atoms with Crippen LogP contribution in [0.3, 0.4) is 0 Å². The Balaban J connectivity index is 2.19. The van der Waals surface area contributed by atoms with E-state index in [1.54, 1.807) is 49.4 Å². The lowest BCUT2D eigenvalue weighted by Crippen LogP contribution is -2.47. The second-order valence-corrected chi connectivity index (χ2v) is 10.4. The molecule has 0 aliphatic carbocycles. The summed E-state index contributed by atoms with van der Waals surface area (Å²) in [6.45, 7) is 6.46. The van der Waals surface area contributed by atoms with Crippen LogP contribution in [-0.4, -0.2) is 57.1 Å². The van der Waals surface area contributed by atoms with Gasteiger partial charge in [0.05, 0.1) is 18.6 Å². The second kappa shape index (κ2) is 13.3. The Hall–Kier alpha value is -2.78. The lowest BCUT2D eigenvalue weighted by molar-refractivity contribution is -0.140. The van der Waals surface area contributed by atoms with E-state index in [9.17, 15) is 18.0 Å². The third-order valence-corrected chi connectivity index (χ3v) is 6.76. The normalized spacial score (nSPS) is 12.0. The average Bonchev–Trinajstić information content (AvgIpc) is 2.80. The van der Waals surface area contributed by atoms with E-state index in [1.165, 1.54) is 9.21 Å². The molecular formula is C25H34ClN3O5S. The highest BCUT2D eigenvalue weighted by Crippen LogP contribution is 2.30. The lowest BCUT2D eigenvalue weighted by Gasteiger charge is -2.29. The summed E-state index contributed by atoms with van der Waals surface area (Å²) in [7, 11) is -3.62. The first-order valence-electron chi connectivity index (χ1n) is 11.6. The number of amides is 2. The summed E-state index contributed by atoms with van der Waals surface area (Å²) in [5.41, 5.74) is 1.22. The van der Waals surface area contributed by atoms with Crippen LogP contribution in [0.15, 0.2) is 48.5 Å².